The molecule has 0 rings (SSSR count). The minimum absolute atomic E-state index is 0. The molecular weight excluding hydrogens is 72.1 g/mol. The van der Waals surface area contributed by atoms with Crippen LogP contribution in [0.3, 0.4) is 0 Å². The van der Waals surface area contributed by atoms with Crippen LogP contribution in [0.1, 0.15) is 28.6 Å². The minimum Gasteiger partial charge on any atom is -0.103 e. The fourth-order valence-electron chi connectivity index (χ4n) is 0. The van der Waals surface area contributed by atoms with Crippen molar-refractivity contribution in [3.05, 3.63) is 12.7 Å². The van der Waals surface area contributed by atoms with Crippen LogP contribution in [-0.4, -0.2) is 0 Å². The van der Waals surface area contributed by atoms with Crippen LogP contribution in [0.25, 0.3) is 0 Å². The summed E-state index contributed by atoms with van der Waals surface area (Å²) in [5, 5.41) is 0. The highest BCUT2D eigenvalue weighted by Crippen LogP contribution is 1.56. The zero-order chi connectivity index (χ0) is 5.41. The van der Waals surface area contributed by atoms with E-state index in [1.54, 1.807) is 6.08 Å². The van der Waals surface area contributed by atoms with Crippen molar-refractivity contribution in [3.63, 3.8) is 0 Å². The van der Waals surface area contributed by atoms with Crippen LogP contribution in [0.2, 0.25) is 0 Å². The second kappa shape index (κ2) is 21.9. The van der Waals surface area contributed by atoms with E-state index in [0.29, 0.717) is 0 Å². The Morgan fingerprint density at radius 2 is 1.67 bits per heavy atom. The quantitative estimate of drug-likeness (QED) is 0.398. The van der Waals surface area contributed by atoms with Crippen LogP contribution >= 0.6 is 0 Å². The topological polar surface area (TPSA) is 0 Å². The molecule has 0 aliphatic carbocycles. The molecule has 0 aromatic heterocycles. The van der Waals surface area contributed by atoms with Crippen LogP contribution < -0.4 is 0 Å². The van der Waals surface area contributed by atoms with Gasteiger partial charge in [-0.1, -0.05) is 26.3 Å². The zero-order valence-electron chi connectivity index (χ0n) is 5.99. The van der Waals surface area contributed by atoms with Crippen LogP contribution in [0.4, 0.5) is 0 Å². The molecule has 0 radical (unpaired) electrons. The molecule has 0 bridgehead atoms. The molecule has 38 valence electrons. The zero-order valence-corrected chi connectivity index (χ0v) is 4.99. The maximum atomic E-state index is 3.36. The largest absolute Gasteiger partial charge is 1.00 e. The molecule has 0 nitrogen and oxygen atoms in total. The Kier molecular flexibility index (Phi) is 33.7. The molecule has 0 atom stereocenters. The van der Waals surface area contributed by atoms with E-state index >= 15 is 0 Å². The summed E-state index contributed by atoms with van der Waals surface area (Å²) < 4.78 is 0. The summed E-state index contributed by atoms with van der Waals surface area (Å²) in [5.41, 5.74) is 0. The number of allylic oxidation sites excluding steroid dienone is 1. The van der Waals surface area contributed by atoms with Gasteiger partial charge in [-0.05, 0) is 6.92 Å². The molecule has 0 amide bonds. The molecule has 0 saturated carbocycles. The second-order valence-electron chi connectivity index (χ2n) is 1.12. The molecule has 0 aliphatic heterocycles. The Hall–Kier alpha value is -0.260. The summed E-state index contributed by atoms with van der Waals surface area (Å²) in [6.45, 7) is 9.50. The third-order valence-electron chi connectivity index (χ3n) is 0. The van der Waals surface area contributed by atoms with E-state index in [1.807, 2.05) is 6.92 Å². The molecule has 0 aromatic rings. The number of hydrogen-bond donors (Lipinski definition) is 0. The van der Waals surface area contributed by atoms with Crippen LogP contribution in [0.15, 0.2) is 12.7 Å². The van der Waals surface area contributed by atoms with Crippen molar-refractivity contribution in [1.82, 2.24) is 0 Å². The first kappa shape index (κ1) is 9.22. The predicted molar refractivity (Wildman–Crippen MR) is 32.9 cm³/mol. The first-order valence-electron chi connectivity index (χ1n) is 2.40. The van der Waals surface area contributed by atoms with Crippen LogP contribution in [0, 0.1) is 0 Å². The smallest absolute Gasteiger partial charge is 0.103 e. The molecular formula is C6H15+. The average molecular weight is 87.2 g/mol. The van der Waals surface area contributed by atoms with Gasteiger partial charge in [0.2, 0.25) is 0 Å². The number of hydrogen-bond acceptors (Lipinski definition) is 0. The lowest BCUT2D eigenvalue weighted by atomic mass is 10.6. The Bertz CT molecular complexity index is 18.1. The van der Waals surface area contributed by atoms with Gasteiger partial charge >= 0.3 is 1.43 Å². The van der Waals surface area contributed by atoms with Crippen molar-refractivity contribution in [1.29, 1.82) is 0 Å². The van der Waals surface area contributed by atoms with E-state index in [-0.39, 0.29) is 1.43 Å². The maximum Gasteiger partial charge on any atom is 1.00 e. The van der Waals surface area contributed by atoms with Gasteiger partial charge in [0.05, 0.1) is 0 Å². The average Bonchev–Trinajstić information content (AvgIpc) is 1.39. The van der Waals surface area contributed by atoms with E-state index in [0.717, 1.165) is 0 Å². The summed E-state index contributed by atoms with van der Waals surface area (Å²) in [4.78, 5) is 0. The van der Waals surface area contributed by atoms with E-state index < -0.39 is 0 Å². The monoisotopic (exact) mass is 87.1 g/mol. The fourth-order valence-corrected chi connectivity index (χ4v) is 0. The summed E-state index contributed by atoms with van der Waals surface area (Å²) >= 11 is 0. The van der Waals surface area contributed by atoms with E-state index in [4.69, 9.17) is 0 Å². The van der Waals surface area contributed by atoms with Gasteiger partial charge in [-0.25, -0.2) is 0 Å². The Morgan fingerprint density at radius 3 is 1.67 bits per heavy atom. The van der Waals surface area contributed by atoms with E-state index in [2.05, 4.69) is 20.4 Å². The van der Waals surface area contributed by atoms with Gasteiger partial charge in [-0.3, -0.25) is 0 Å². The molecule has 6 heavy (non-hydrogen) atoms. The third kappa shape index (κ3) is 415. The third-order valence-corrected chi connectivity index (χ3v) is 0. The molecule has 0 unspecified atom stereocenters. The van der Waals surface area contributed by atoms with Crippen molar-refractivity contribution < 1.29 is 1.43 Å². The Labute approximate surface area is 42.4 Å². The predicted octanol–water partition coefficient (Wildman–Crippen LogP) is 2.72. The Balaban J connectivity index is -0.0000000400. The SMILES string of the molecule is C=CC.CCC.[H+]. The highest BCUT2D eigenvalue weighted by atomic mass is 13.4. The van der Waals surface area contributed by atoms with E-state index in [1.165, 1.54) is 6.42 Å². The lowest BCUT2D eigenvalue weighted by molar-refractivity contribution is 1.09. The van der Waals surface area contributed by atoms with Crippen molar-refractivity contribution in [2.75, 3.05) is 0 Å². The molecule has 0 N–H and O–H groups in total. The molecule has 0 spiro atoms. The number of rotatable bonds is 0. The van der Waals surface area contributed by atoms with Gasteiger partial charge in [-0.2, -0.15) is 0 Å². The normalized spacial score (nSPS) is 5.17. The first-order valence-corrected chi connectivity index (χ1v) is 2.40. The van der Waals surface area contributed by atoms with Crippen LogP contribution in [0.5, 0.6) is 0 Å². The molecule has 0 heterocycles. The lowest BCUT2D eigenvalue weighted by Crippen LogP contribution is -1.27. The van der Waals surface area contributed by atoms with Gasteiger partial charge in [0.1, 0.15) is 0 Å². The highest BCUT2D eigenvalue weighted by Gasteiger charge is 1.35. The maximum absolute atomic E-state index is 3.36. The summed E-state index contributed by atoms with van der Waals surface area (Å²) in [6.07, 6.45) is 3.00. The lowest BCUT2D eigenvalue weighted by Gasteiger charge is -1.48. The summed E-state index contributed by atoms with van der Waals surface area (Å²) in [5.74, 6) is 0. The summed E-state index contributed by atoms with van der Waals surface area (Å²) in [6, 6.07) is 0. The van der Waals surface area contributed by atoms with Crippen molar-refractivity contribution in [3.8, 4) is 0 Å². The standard InChI is InChI=1S/C3H8.C3H6/c2*1-3-2/h3H2,1-2H3;3H,1H2,2H3/p+1. The van der Waals surface area contributed by atoms with Gasteiger partial charge < -0.3 is 0 Å². The molecule has 0 heteroatoms. The van der Waals surface area contributed by atoms with Crippen molar-refractivity contribution in [2.24, 2.45) is 0 Å². The molecule has 0 fully saturated rings. The second-order valence-corrected chi connectivity index (χ2v) is 1.12. The fraction of sp³-hybridized carbons (Fsp3) is 0.667. The first-order chi connectivity index (χ1) is 2.83. The highest BCUT2D eigenvalue weighted by molar-refractivity contribution is 4.51. The van der Waals surface area contributed by atoms with E-state index in [9.17, 15) is 0 Å². The molecule has 0 saturated heterocycles. The van der Waals surface area contributed by atoms with Gasteiger partial charge in [0.15, 0.2) is 0 Å². The summed E-state index contributed by atoms with van der Waals surface area (Å²) in [7, 11) is 0. The molecule has 0 aromatic carbocycles. The van der Waals surface area contributed by atoms with Gasteiger partial charge in [0, 0.05) is 0 Å². The molecule has 0 aliphatic rings. The van der Waals surface area contributed by atoms with Crippen molar-refractivity contribution >= 4 is 0 Å². The van der Waals surface area contributed by atoms with Crippen LogP contribution in [-0.2, 0) is 0 Å². The minimum atomic E-state index is 0. The van der Waals surface area contributed by atoms with Crippen molar-refractivity contribution in [2.45, 2.75) is 27.2 Å². The van der Waals surface area contributed by atoms with Gasteiger partial charge in [-0.15, -0.1) is 6.58 Å². The Morgan fingerprint density at radius 1 is 1.67 bits per heavy atom. The van der Waals surface area contributed by atoms with Gasteiger partial charge in [0.25, 0.3) is 0 Å².